The van der Waals surface area contributed by atoms with Gasteiger partial charge in [-0.1, -0.05) is 0 Å². The van der Waals surface area contributed by atoms with Gasteiger partial charge in [-0.05, 0) is 0 Å². The first-order chi connectivity index (χ1) is 4.00. The van der Waals surface area contributed by atoms with Crippen molar-refractivity contribution < 1.29 is 14.3 Å². The first-order valence-electron chi connectivity index (χ1n) is 2.23. The molecule has 0 spiro atoms. The van der Waals surface area contributed by atoms with Crippen molar-refractivity contribution >= 4 is 0 Å². The third-order valence-electron chi connectivity index (χ3n) is 0.528. The van der Waals surface area contributed by atoms with E-state index in [1.807, 2.05) is 0 Å². The summed E-state index contributed by atoms with van der Waals surface area (Å²) in [5.41, 5.74) is 2.50. The maximum atomic E-state index is 4.54. The highest BCUT2D eigenvalue weighted by Gasteiger charge is 1.91. The van der Waals surface area contributed by atoms with Crippen LogP contribution in [0.4, 0.5) is 0 Å². The Kier molecular flexibility index (Phi) is 2.22. The Morgan fingerprint density at radius 3 is 1.88 bits per heavy atom. The van der Waals surface area contributed by atoms with Gasteiger partial charge in [0.05, 0.1) is 0 Å². The molecule has 0 saturated carbocycles. The van der Waals surface area contributed by atoms with Crippen LogP contribution < -0.4 is 5.48 Å². The highest BCUT2D eigenvalue weighted by molar-refractivity contribution is 4.63. The lowest BCUT2D eigenvalue weighted by Gasteiger charge is -1.82. The molecule has 1 fully saturated rings. The zero-order valence-electron chi connectivity index (χ0n) is 4.29. The second-order valence-corrected chi connectivity index (χ2v) is 1.16. The lowest BCUT2D eigenvalue weighted by Crippen LogP contribution is -1.75. The molecule has 0 aromatic carbocycles. The number of nitrogens with one attached hydrogen (secondary N) is 1. The molecule has 1 N–H and O–H groups in total. The fourth-order valence-corrected chi connectivity index (χ4v) is 0.196. The SMILES string of the molecule is C1=COCO1.C1NO1. The van der Waals surface area contributed by atoms with Gasteiger partial charge in [-0.15, -0.1) is 0 Å². The van der Waals surface area contributed by atoms with Gasteiger partial charge in [0.2, 0.25) is 6.79 Å². The van der Waals surface area contributed by atoms with Crippen molar-refractivity contribution in [3.8, 4) is 0 Å². The van der Waals surface area contributed by atoms with Crippen LogP contribution in [0.5, 0.6) is 0 Å². The summed E-state index contributed by atoms with van der Waals surface area (Å²) in [4.78, 5) is 4.25. The van der Waals surface area contributed by atoms with Crippen molar-refractivity contribution in [1.29, 1.82) is 0 Å². The largest absolute Gasteiger partial charge is 0.462 e. The molecule has 2 aliphatic rings. The summed E-state index contributed by atoms with van der Waals surface area (Å²) in [5, 5.41) is 0. The molecule has 4 heteroatoms. The third kappa shape index (κ3) is 3.45. The van der Waals surface area contributed by atoms with Crippen LogP contribution >= 0.6 is 0 Å². The molecular formula is C4H7NO3. The van der Waals surface area contributed by atoms with Gasteiger partial charge in [0, 0.05) is 0 Å². The van der Waals surface area contributed by atoms with E-state index in [0.717, 1.165) is 6.73 Å². The van der Waals surface area contributed by atoms with E-state index >= 15 is 0 Å². The Morgan fingerprint density at radius 1 is 1.25 bits per heavy atom. The van der Waals surface area contributed by atoms with Crippen molar-refractivity contribution in [2.45, 2.75) is 0 Å². The fraction of sp³-hybridized carbons (Fsp3) is 0.500. The van der Waals surface area contributed by atoms with Gasteiger partial charge in [0.1, 0.15) is 19.3 Å². The lowest BCUT2D eigenvalue weighted by molar-refractivity contribution is 0.0920. The van der Waals surface area contributed by atoms with Gasteiger partial charge in [-0.2, -0.15) is 5.48 Å². The molecule has 0 aromatic heterocycles. The summed E-state index contributed by atoms with van der Waals surface area (Å²) >= 11 is 0. The van der Waals surface area contributed by atoms with Crippen LogP contribution in [-0.4, -0.2) is 13.5 Å². The zero-order valence-corrected chi connectivity index (χ0v) is 4.29. The predicted octanol–water partition coefficient (Wildman–Crippen LogP) is -0.0594. The van der Waals surface area contributed by atoms with Gasteiger partial charge >= 0.3 is 0 Å². The molecule has 0 bridgehead atoms. The van der Waals surface area contributed by atoms with E-state index in [9.17, 15) is 0 Å². The number of hydrogen-bond acceptors (Lipinski definition) is 4. The van der Waals surface area contributed by atoms with Crippen LogP contribution in [0.1, 0.15) is 0 Å². The molecule has 0 radical (unpaired) electrons. The quantitative estimate of drug-likeness (QED) is 0.451. The normalized spacial score (nSPS) is 20.0. The van der Waals surface area contributed by atoms with Crippen LogP contribution in [0.2, 0.25) is 0 Å². The Hall–Kier alpha value is -0.740. The number of hydroxylamine groups is 1. The van der Waals surface area contributed by atoms with Gasteiger partial charge in [0.15, 0.2) is 0 Å². The molecule has 2 aliphatic heterocycles. The van der Waals surface area contributed by atoms with Crippen molar-refractivity contribution in [1.82, 2.24) is 5.48 Å². The maximum absolute atomic E-state index is 4.54. The Balaban J connectivity index is 0.0000000907. The third-order valence-corrected chi connectivity index (χ3v) is 0.528. The minimum Gasteiger partial charge on any atom is -0.462 e. The second kappa shape index (κ2) is 3.29. The van der Waals surface area contributed by atoms with E-state index in [1.54, 1.807) is 0 Å². The van der Waals surface area contributed by atoms with E-state index < -0.39 is 0 Å². The summed E-state index contributed by atoms with van der Waals surface area (Å²) < 4.78 is 9.08. The topological polar surface area (TPSA) is 52.9 Å². The maximum Gasteiger partial charge on any atom is 0.229 e. The van der Waals surface area contributed by atoms with Crippen LogP contribution in [0.25, 0.3) is 0 Å². The van der Waals surface area contributed by atoms with Gasteiger partial charge in [-0.25, -0.2) is 0 Å². The molecule has 0 aromatic rings. The molecule has 0 unspecified atom stereocenters. The monoisotopic (exact) mass is 117 g/mol. The van der Waals surface area contributed by atoms with Crippen LogP contribution in [0.3, 0.4) is 0 Å². The number of hydrogen-bond donors (Lipinski definition) is 1. The summed E-state index contributed by atoms with van der Waals surface area (Å²) in [5.74, 6) is 0. The molecule has 0 aliphatic carbocycles. The Bertz CT molecular complexity index is 72.6. The Labute approximate surface area is 47.0 Å². The molecule has 0 atom stereocenters. The summed E-state index contributed by atoms with van der Waals surface area (Å²) in [6, 6.07) is 0. The van der Waals surface area contributed by atoms with Crippen molar-refractivity contribution in [3.05, 3.63) is 12.5 Å². The minimum absolute atomic E-state index is 0.389. The van der Waals surface area contributed by atoms with Gasteiger partial charge in [-0.3, -0.25) is 4.84 Å². The molecule has 2 heterocycles. The average molecular weight is 117 g/mol. The van der Waals surface area contributed by atoms with Crippen LogP contribution in [0.15, 0.2) is 12.5 Å². The zero-order chi connectivity index (χ0) is 5.66. The van der Waals surface area contributed by atoms with E-state index in [-0.39, 0.29) is 0 Å². The first kappa shape index (κ1) is 5.40. The molecule has 0 amide bonds. The van der Waals surface area contributed by atoms with Gasteiger partial charge < -0.3 is 9.47 Å². The first-order valence-corrected chi connectivity index (χ1v) is 2.23. The molecule has 8 heavy (non-hydrogen) atoms. The van der Waals surface area contributed by atoms with Crippen molar-refractivity contribution in [2.24, 2.45) is 0 Å². The molecule has 4 nitrogen and oxygen atoms in total. The molecule has 1 saturated heterocycles. The van der Waals surface area contributed by atoms with Crippen molar-refractivity contribution in [2.75, 3.05) is 13.5 Å². The summed E-state index contributed by atoms with van der Waals surface area (Å²) in [7, 11) is 0. The second-order valence-electron chi connectivity index (χ2n) is 1.16. The van der Waals surface area contributed by atoms with E-state index in [2.05, 4.69) is 19.8 Å². The van der Waals surface area contributed by atoms with Crippen LogP contribution in [-0.2, 0) is 14.3 Å². The Morgan fingerprint density at radius 2 is 1.75 bits per heavy atom. The smallest absolute Gasteiger partial charge is 0.229 e. The average Bonchev–Trinajstić information content (AvgIpc) is 2.55. The van der Waals surface area contributed by atoms with Crippen LogP contribution in [0, 0.1) is 0 Å². The lowest BCUT2D eigenvalue weighted by atomic mass is 11.1. The van der Waals surface area contributed by atoms with E-state index in [1.165, 1.54) is 12.5 Å². The highest BCUT2D eigenvalue weighted by Crippen LogP contribution is 1.88. The fourth-order valence-electron chi connectivity index (χ4n) is 0.196. The summed E-state index contributed by atoms with van der Waals surface area (Å²) in [6.45, 7) is 1.14. The molecule has 46 valence electrons. The number of ether oxygens (including phenoxy) is 2. The van der Waals surface area contributed by atoms with Crippen molar-refractivity contribution in [3.63, 3.8) is 0 Å². The standard InChI is InChI=1S/C3H4O2.CH3NO/c1-2-5-3-4-1;1-2-3-1/h1-2H,3H2;2H,1H2. The number of rotatable bonds is 0. The molecular weight excluding hydrogens is 110 g/mol. The van der Waals surface area contributed by atoms with E-state index in [4.69, 9.17) is 0 Å². The minimum atomic E-state index is 0.389. The molecule has 2 rings (SSSR count). The predicted molar refractivity (Wildman–Crippen MR) is 25.3 cm³/mol. The summed E-state index contributed by atoms with van der Waals surface area (Å²) in [6.07, 6.45) is 3.03. The highest BCUT2D eigenvalue weighted by atomic mass is 16.8. The van der Waals surface area contributed by atoms with Gasteiger partial charge in [0.25, 0.3) is 0 Å². The van der Waals surface area contributed by atoms with E-state index in [0.29, 0.717) is 6.79 Å².